The fraction of sp³-hybridized carbons (Fsp3) is 0.312. The number of aromatic amines is 1. The molecule has 0 saturated carbocycles. The summed E-state index contributed by atoms with van der Waals surface area (Å²) in [4.78, 5) is 15.2. The van der Waals surface area contributed by atoms with E-state index in [4.69, 9.17) is 4.74 Å². The Hall–Kier alpha value is -2.10. The van der Waals surface area contributed by atoms with Gasteiger partial charge in [0.1, 0.15) is 5.82 Å². The highest BCUT2D eigenvalue weighted by atomic mass is 19.1. The molecule has 106 valence electrons. The maximum absolute atomic E-state index is 13.0. The van der Waals surface area contributed by atoms with E-state index >= 15 is 0 Å². The Morgan fingerprint density at radius 1 is 1.30 bits per heavy atom. The van der Waals surface area contributed by atoms with Crippen molar-refractivity contribution in [3.63, 3.8) is 0 Å². The second kappa shape index (κ2) is 5.90. The Balaban J connectivity index is 2.43. The van der Waals surface area contributed by atoms with Gasteiger partial charge < -0.3 is 9.72 Å². The van der Waals surface area contributed by atoms with E-state index in [0.29, 0.717) is 12.2 Å². The zero-order valence-electron chi connectivity index (χ0n) is 11.9. The summed E-state index contributed by atoms with van der Waals surface area (Å²) >= 11 is 0. The Kier molecular flexibility index (Phi) is 4.23. The van der Waals surface area contributed by atoms with Gasteiger partial charge in [-0.1, -0.05) is 13.8 Å². The highest BCUT2D eigenvalue weighted by Crippen LogP contribution is 2.27. The van der Waals surface area contributed by atoms with Crippen molar-refractivity contribution in [1.29, 1.82) is 0 Å². The highest BCUT2D eigenvalue weighted by Gasteiger charge is 2.19. The largest absolute Gasteiger partial charge is 0.462 e. The zero-order chi connectivity index (χ0) is 14.7. The van der Waals surface area contributed by atoms with Crippen molar-refractivity contribution in [2.75, 3.05) is 6.61 Å². The number of hydrogen-bond acceptors (Lipinski definition) is 2. The lowest BCUT2D eigenvalue weighted by molar-refractivity contribution is 0.0525. The van der Waals surface area contributed by atoms with E-state index in [1.165, 1.54) is 12.1 Å². The predicted molar refractivity (Wildman–Crippen MR) is 76.2 cm³/mol. The molecule has 0 unspecified atom stereocenters. The van der Waals surface area contributed by atoms with E-state index in [9.17, 15) is 9.18 Å². The first-order chi connectivity index (χ1) is 9.52. The molecule has 0 aliphatic heterocycles. The van der Waals surface area contributed by atoms with Crippen LogP contribution in [0.4, 0.5) is 4.39 Å². The van der Waals surface area contributed by atoms with Crippen LogP contribution in [0.2, 0.25) is 0 Å². The molecule has 0 bridgehead atoms. The summed E-state index contributed by atoms with van der Waals surface area (Å²) in [6.07, 6.45) is 0. The van der Waals surface area contributed by atoms with E-state index < -0.39 is 0 Å². The predicted octanol–water partition coefficient (Wildman–Crippen LogP) is 4.12. The summed E-state index contributed by atoms with van der Waals surface area (Å²) in [5.74, 6) is -0.445. The molecule has 20 heavy (non-hydrogen) atoms. The molecule has 1 heterocycles. The van der Waals surface area contributed by atoms with Crippen molar-refractivity contribution < 1.29 is 13.9 Å². The molecule has 0 saturated heterocycles. The molecule has 0 spiro atoms. The number of aromatic nitrogens is 1. The lowest BCUT2D eigenvalue weighted by Gasteiger charge is -2.06. The number of nitrogens with one attached hydrogen (secondary N) is 1. The van der Waals surface area contributed by atoms with Gasteiger partial charge in [-0.05, 0) is 48.7 Å². The van der Waals surface area contributed by atoms with Crippen LogP contribution in [-0.2, 0) is 4.74 Å². The number of benzene rings is 1. The third-order valence-corrected chi connectivity index (χ3v) is 3.08. The number of hydrogen-bond donors (Lipinski definition) is 1. The number of carbonyl (C=O) groups is 1. The maximum Gasteiger partial charge on any atom is 0.339 e. The topological polar surface area (TPSA) is 42.1 Å². The second-order valence-corrected chi connectivity index (χ2v) is 4.89. The van der Waals surface area contributed by atoms with Crippen LogP contribution in [0.5, 0.6) is 0 Å². The summed E-state index contributed by atoms with van der Waals surface area (Å²) < 4.78 is 18.0. The van der Waals surface area contributed by atoms with Crippen molar-refractivity contribution in [3.8, 4) is 11.3 Å². The Bertz CT molecular complexity index is 599. The summed E-state index contributed by atoms with van der Waals surface area (Å²) in [5.41, 5.74) is 3.00. The van der Waals surface area contributed by atoms with Gasteiger partial charge in [0.05, 0.1) is 12.2 Å². The Morgan fingerprint density at radius 2 is 1.95 bits per heavy atom. The van der Waals surface area contributed by atoms with E-state index in [2.05, 4.69) is 4.98 Å². The van der Waals surface area contributed by atoms with Gasteiger partial charge in [-0.3, -0.25) is 0 Å². The Morgan fingerprint density at radius 3 is 2.50 bits per heavy atom. The van der Waals surface area contributed by atoms with Gasteiger partial charge in [0.2, 0.25) is 0 Å². The van der Waals surface area contributed by atoms with Crippen molar-refractivity contribution >= 4 is 5.97 Å². The van der Waals surface area contributed by atoms with Crippen LogP contribution >= 0.6 is 0 Å². The number of halogens is 1. The first-order valence-corrected chi connectivity index (χ1v) is 6.69. The molecule has 0 radical (unpaired) electrons. The lowest BCUT2D eigenvalue weighted by Crippen LogP contribution is -2.07. The van der Waals surface area contributed by atoms with Crippen LogP contribution in [0.3, 0.4) is 0 Å². The first-order valence-electron chi connectivity index (χ1n) is 6.69. The third-order valence-electron chi connectivity index (χ3n) is 3.08. The average molecular weight is 275 g/mol. The van der Waals surface area contributed by atoms with E-state index in [1.807, 2.05) is 13.8 Å². The van der Waals surface area contributed by atoms with Gasteiger partial charge in [0.25, 0.3) is 0 Å². The van der Waals surface area contributed by atoms with Crippen LogP contribution in [0.15, 0.2) is 30.3 Å². The standard InChI is InChI=1S/C16H18FNO2/c1-4-20-16(19)13-9-14(18-15(13)10(2)3)11-5-7-12(17)8-6-11/h5-10,18H,4H2,1-3H3. The summed E-state index contributed by atoms with van der Waals surface area (Å²) in [7, 11) is 0. The van der Waals surface area contributed by atoms with Crippen molar-refractivity contribution in [2.45, 2.75) is 26.7 Å². The molecule has 0 atom stereocenters. The first kappa shape index (κ1) is 14.3. The van der Waals surface area contributed by atoms with Crippen LogP contribution < -0.4 is 0 Å². The minimum absolute atomic E-state index is 0.170. The quantitative estimate of drug-likeness (QED) is 0.853. The molecule has 1 N–H and O–H groups in total. The monoisotopic (exact) mass is 275 g/mol. The second-order valence-electron chi connectivity index (χ2n) is 4.89. The molecule has 0 aliphatic rings. The van der Waals surface area contributed by atoms with Gasteiger partial charge in [0, 0.05) is 11.4 Å². The molecule has 1 aromatic carbocycles. The third kappa shape index (κ3) is 2.90. The smallest absolute Gasteiger partial charge is 0.339 e. The van der Waals surface area contributed by atoms with Crippen LogP contribution in [0.25, 0.3) is 11.3 Å². The van der Waals surface area contributed by atoms with Gasteiger partial charge in [-0.25, -0.2) is 9.18 Å². The summed E-state index contributed by atoms with van der Waals surface area (Å²) in [6.45, 7) is 6.12. The van der Waals surface area contributed by atoms with Crippen LogP contribution in [0.1, 0.15) is 42.7 Å². The number of esters is 1. The number of ether oxygens (including phenoxy) is 1. The molecular weight excluding hydrogens is 257 g/mol. The van der Waals surface area contributed by atoms with E-state index in [-0.39, 0.29) is 17.7 Å². The van der Waals surface area contributed by atoms with Crippen LogP contribution in [0, 0.1) is 5.82 Å². The highest BCUT2D eigenvalue weighted by molar-refractivity contribution is 5.92. The minimum atomic E-state index is -0.333. The fourth-order valence-corrected chi connectivity index (χ4v) is 2.09. The number of H-pyrrole nitrogens is 1. The molecule has 2 aromatic rings. The van der Waals surface area contributed by atoms with Crippen molar-refractivity contribution in [2.24, 2.45) is 0 Å². The van der Waals surface area contributed by atoms with Crippen LogP contribution in [-0.4, -0.2) is 17.6 Å². The van der Waals surface area contributed by atoms with E-state index in [1.54, 1.807) is 25.1 Å². The fourth-order valence-electron chi connectivity index (χ4n) is 2.09. The minimum Gasteiger partial charge on any atom is -0.462 e. The van der Waals surface area contributed by atoms with E-state index in [0.717, 1.165) is 17.0 Å². The lowest BCUT2D eigenvalue weighted by atomic mass is 10.1. The Labute approximate surface area is 117 Å². The maximum atomic E-state index is 13.0. The molecule has 3 nitrogen and oxygen atoms in total. The van der Waals surface area contributed by atoms with Crippen molar-refractivity contribution in [3.05, 3.63) is 47.4 Å². The molecule has 0 fully saturated rings. The molecule has 0 amide bonds. The number of rotatable bonds is 4. The average Bonchev–Trinajstić information content (AvgIpc) is 2.85. The van der Waals surface area contributed by atoms with Gasteiger partial charge in [-0.2, -0.15) is 0 Å². The number of carbonyl (C=O) groups excluding carboxylic acids is 1. The molecule has 1 aromatic heterocycles. The van der Waals surface area contributed by atoms with Gasteiger partial charge >= 0.3 is 5.97 Å². The van der Waals surface area contributed by atoms with Gasteiger partial charge in [0.15, 0.2) is 0 Å². The summed E-state index contributed by atoms with van der Waals surface area (Å²) in [5, 5.41) is 0. The van der Waals surface area contributed by atoms with Gasteiger partial charge in [-0.15, -0.1) is 0 Å². The SMILES string of the molecule is CCOC(=O)c1cc(-c2ccc(F)cc2)[nH]c1C(C)C. The molecule has 2 rings (SSSR count). The zero-order valence-corrected chi connectivity index (χ0v) is 11.9. The molecular formula is C16H18FNO2. The normalized spacial score (nSPS) is 10.8. The summed E-state index contributed by atoms with van der Waals surface area (Å²) in [6, 6.07) is 7.92. The molecule has 4 heteroatoms. The van der Waals surface area contributed by atoms with Crippen molar-refractivity contribution in [1.82, 2.24) is 4.98 Å². The molecule has 0 aliphatic carbocycles.